The zero-order valence-corrected chi connectivity index (χ0v) is 9.33. The van der Waals surface area contributed by atoms with E-state index in [4.69, 9.17) is 21.1 Å². The third-order valence-corrected chi connectivity index (χ3v) is 1.99. The summed E-state index contributed by atoms with van der Waals surface area (Å²) in [6.07, 6.45) is -1.39. The maximum absolute atomic E-state index is 11.3. The first-order valence-electron chi connectivity index (χ1n) is 4.96. The van der Waals surface area contributed by atoms with Crippen LogP contribution in [-0.4, -0.2) is 51.2 Å². The lowest BCUT2D eigenvalue weighted by Gasteiger charge is -2.16. The number of carbonyl (C=O) groups excluding carboxylic acids is 1. The second-order valence-corrected chi connectivity index (χ2v) is 3.54. The second kappa shape index (κ2) is 7.22. The Bertz CT molecular complexity index is 355. The Morgan fingerprint density at radius 1 is 1.06 bits per heavy atom. The van der Waals surface area contributed by atoms with Crippen LogP contribution in [-0.2, 0) is 19.2 Å². The van der Waals surface area contributed by atoms with E-state index in [9.17, 15) is 19.2 Å². The van der Waals surface area contributed by atoms with Crippen molar-refractivity contribution < 1.29 is 34.5 Å². The average Bonchev–Trinajstić information content (AvgIpc) is 2.21. The number of hydrogen-bond donors (Lipinski definition) is 5. The van der Waals surface area contributed by atoms with E-state index in [0.29, 0.717) is 0 Å². The summed E-state index contributed by atoms with van der Waals surface area (Å²) in [5.41, 5.74) is 5.22. The first kappa shape index (κ1) is 15.8. The maximum Gasteiger partial charge on any atom is 0.326 e. The molecule has 0 rings (SSSR count). The molecule has 0 spiro atoms. The van der Waals surface area contributed by atoms with E-state index in [1.54, 1.807) is 0 Å². The molecule has 0 aromatic carbocycles. The Morgan fingerprint density at radius 2 is 1.61 bits per heavy atom. The van der Waals surface area contributed by atoms with Crippen LogP contribution in [0.25, 0.3) is 0 Å². The zero-order chi connectivity index (χ0) is 14.3. The number of nitrogens with one attached hydrogen (secondary N) is 1. The highest BCUT2D eigenvalue weighted by molar-refractivity contribution is 5.89. The SMILES string of the molecule is N[C@@H](CC(=O)O)C(=O)N[C@@H](CCC(=O)O)C(=O)O. The molecule has 1 amide bonds. The fourth-order valence-corrected chi connectivity index (χ4v) is 1.08. The summed E-state index contributed by atoms with van der Waals surface area (Å²) in [4.78, 5) is 42.6. The molecule has 0 aliphatic heterocycles. The van der Waals surface area contributed by atoms with Crippen molar-refractivity contribution >= 4 is 23.8 Å². The Morgan fingerprint density at radius 3 is 2.00 bits per heavy atom. The van der Waals surface area contributed by atoms with Gasteiger partial charge in [-0.3, -0.25) is 14.4 Å². The smallest absolute Gasteiger partial charge is 0.326 e. The van der Waals surface area contributed by atoms with E-state index >= 15 is 0 Å². The predicted octanol–water partition coefficient (Wildman–Crippen LogP) is -1.78. The number of amides is 1. The molecule has 6 N–H and O–H groups in total. The Kier molecular flexibility index (Phi) is 6.35. The maximum atomic E-state index is 11.3. The molecular formula is C9H14N2O7. The van der Waals surface area contributed by atoms with Crippen molar-refractivity contribution in [2.24, 2.45) is 5.73 Å². The van der Waals surface area contributed by atoms with Gasteiger partial charge in [0.05, 0.1) is 12.5 Å². The van der Waals surface area contributed by atoms with E-state index in [1.165, 1.54) is 0 Å². The summed E-state index contributed by atoms with van der Waals surface area (Å²) in [6, 6.07) is -2.79. The van der Waals surface area contributed by atoms with Gasteiger partial charge in [-0.2, -0.15) is 0 Å². The molecule has 0 bridgehead atoms. The molecule has 0 saturated heterocycles. The van der Waals surface area contributed by atoms with Crippen LogP contribution in [0.1, 0.15) is 19.3 Å². The third kappa shape index (κ3) is 6.43. The van der Waals surface area contributed by atoms with Gasteiger partial charge in [0.25, 0.3) is 0 Å². The molecule has 0 aliphatic rings. The number of hydrogen-bond acceptors (Lipinski definition) is 5. The molecule has 9 nitrogen and oxygen atoms in total. The summed E-state index contributed by atoms with van der Waals surface area (Å²) >= 11 is 0. The van der Waals surface area contributed by atoms with Crippen LogP contribution < -0.4 is 11.1 Å². The highest BCUT2D eigenvalue weighted by Crippen LogP contribution is 1.99. The molecular weight excluding hydrogens is 248 g/mol. The minimum atomic E-state index is -1.41. The Labute approximate surface area is 102 Å². The van der Waals surface area contributed by atoms with Gasteiger partial charge in [0.15, 0.2) is 0 Å². The van der Waals surface area contributed by atoms with Gasteiger partial charge in [0.2, 0.25) is 5.91 Å². The van der Waals surface area contributed by atoms with Crippen molar-refractivity contribution in [2.45, 2.75) is 31.3 Å². The van der Waals surface area contributed by atoms with Crippen molar-refractivity contribution in [1.82, 2.24) is 5.32 Å². The summed E-state index contributed by atoms with van der Waals surface area (Å²) < 4.78 is 0. The number of nitrogens with two attached hydrogens (primary N) is 1. The van der Waals surface area contributed by atoms with Crippen LogP contribution in [0.15, 0.2) is 0 Å². The first-order chi connectivity index (χ1) is 8.23. The Hall–Kier alpha value is -2.16. The minimum Gasteiger partial charge on any atom is -0.481 e. The van der Waals surface area contributed by atoms with Crippen LogP contribution in [0.4, 0.5) is 0 Å². The van der Waals surface area contributed by atoms with Crippen LogP contribution in [0.2, 0.25) is 0 Å². The first-order valence-corrected chi connectivity index (χ1v) is 4.96. The Balaban J connectivity index is 4.40. The molecule has 102 valence electrons. The summed E-state index contributed by atoms with van der Waals surface area (Å²) in [6.45, 7) is 0. The van der Waals surface area contributed by atoms with Gasteiger partial charge in [-0.1, -0.05) is 0 Å². The van der Waals surface area contributed by atoms with E-state index in [-0.39, 0.29) is 6.42 Å². The van der Waals surface area contributed by atoms with Crippen molar-refractivity contribution in [3.63, 3.8) is 0 Å². The highest BCUT2D eigenvalue weighted by atomic mass is 16.4. The third-order valence-electron chi connectivity index (χ3n) is 1.99. The quantitative estimate of drug-likeness (QED) is 0.342. The molecule has 2 atom stereocenters. The largest absolute Gasteiger partial charge is 0.481 e. The molecule has 0 heterocycles. The summed E-state index contributed by atoms with van der Waals surface area (Å²) in [5, 5.41) is 27.5. The minimum absolute atomic E-state index is 0.309. The van der Waals surface area contributed by atoms with E-state index in [0.717, 1.165) is 0 Å². The van der Waals surface area contributed by atoms with Crippen LogP contribution in [0, 0.1) is 0 Å². The molecule has 0 aromatic rings. The summed E-state index contributed by atoms with van der Waals surface area (Å²) in [7, 11) is 0. The van der Waals surface area contributed by atoms with Crippen LogP contribution in [0.3, 0.4) is 0 Å². The normalized spacial score (nSPS) is 13.4. The van der Waals surface area contributed by atoms with Gasteiger partial charge in [0, 0.05) is 6.42 Å². The van der Waals surface area contributed by atoms with Gasteiger partial charge in [0.1, 0.15) is 6.04 Å². The van der Waals surface area contributed by atoms with Gasteiger partial charge < -0.3 is 26.4 Å². The van der Waals surface area contributed by atoms with Crippen molar-refractivity contribution in [2.75, 3.05) is 0 Å². The molecule has 0 unspecified atom stereocenters. The van der Waals surface area contributed by atoms with Crippen molar-refractivity contribution in [3.05, 3.63) is 0 Å². The predicted molar refractivity (Wildman–Crippen MR) is 56.7 cm³/mol. The second-order valence-electron chi connectivity index (χ2n) is 3.54. The number of carbonyl (C=O) groups is 4. The number of rotatable bonds is 8. The average molecular weight is 262 g/mol. The number of carboxylic acids is 3. The molecule has 0 radical (unpaired) electrons. The topological polar surface area (TPSA) is 167 Å². The van der Waals surface area contributed by atoms with E-state index in [1.807, 2.05) is 5.32 Å². The summed E-state index contributed by atoms with van der Waals surface area (Å²) in [5.74, 6) is -4.86. The molecule has 0 aromatic heterocycles. The van der Waals surface area contributed by atoms with Crippen LogP contribution in [0.5, 0.6) is 0 Å². The molecule has 9 heteroatoms. The lowest BCUT2D eigenvalue weighted by molar-refractivity contribution is -0.143. The zero-order valence-electron chi connectivity index (χ0n) is 9.33. The standard InChI is InChI=1S/C9H14N2O7/c10-4(3-7(14)15)8(16)11-5(9(17)18)1-2-6(12)13/h4-5H,1-3,10H2,(H,11,16)(H,12,13)(H,14,15)(H,17,18)/t4-,5-/m0/s1. The fraction of sp³-hybridized carbons (Fsp3) is 0.556. The lowest BCUT2D eigenvalue weighted by atomic mass is 10.1. The van der Waals surface area contributed by atoms with Gasteiger partial charge >= 0.3 is 17.9 Å². The highest BCUT2D eigenvalue weighted by Gasteiger charge is 2.24. The monoisotopic (exact) mass is 262 g/mol. The lowest BCUT2D eigenvalue weighted by Crippen LogP contribution is -2.49. The number of aliphatic carboxylic acids is 3. The van der Waals surface area contributed by atoms with E-state index in [2.05, 4.69) is 0 Å². The van der Waals surface area contributed by atoms with Gasteiger partial charge in [-0.15, -0.1) is 0 Å². The van der Waals surface area contributed by atoms with E-state index < -0.39 is 48.7 Å². The molecule has 0 fully saturated rings. The van der Waals surface area contributed by atoms with Crippen molar-refractivity contribution in [3.8, 4) is 0 Å². The molecule has 0 aliphatic carbocycles. The van der Waals surface area contributed by atoms with Gasteiger partial charge in [-0.25, -0.2) is 4.79 Å². The van der Waals surface area contributed by atoms with Crippen molar-refractivity contribution in [1.29, 1.82) is 0 Å². The molecule has 18 heavy (non-hydrogen) atoms. The van der Waals surface area contributed by atoms with Gasteiger partial charge in [-0.05, 0) is 6.42 Å². The molecule has 0 saturated carbocycles. The fourth-order valence-electron chi connectivity index (χ4n) is 1.08. The van der Waals surface area contributed by atoms with Crippen LogP contribution >= 0.6 is 0 Å². The number of carboxylic acid groups (broad SMARTS) is 3.